The SMILES string of the molecule is CC(C=CC=C(C)C1CC(C)(C)c2ccccc2N1C)=CC(=O)O. The molecule has 1 unspecified atom stereocenters. The van der Waals surface area contributed by atoms with Gasteiger partial charge in [0.1, 0.15) is 0 Å². The number of aliphatic carboxylic acids is 1. The van der Waals surface area contributed by atoms with Crippen LogP contribution in [-0.4, -0.2) is 24.2 Å². The molecular formula is C21H27NO2. The second-order valence-electron chi connectivity index (χ2n) is 7.23. The monoisotopic (exact) mass is 325 g/mol. The second-order valence-corrected chi connectivity index (χ2v) is 7.23. The Morgan fingerprint density at radius 2 is 1.96 bits per heavy atom. The number of hydrogen-bond acceptors (Lipinski definition) is 2. The van der Waals surface area contributed by atoms with E-state index in [9.17, 15) is 4.79 Å². The lowest BCUT2D eigenvalue weighted by molar-refractivity contribution is -0.131. The Morgan fingerprint density at radius 1 is 1.29 bits per heavy atom. The van der Waals surface area contributed by atoms with Gasteiger partial charge in [-0.1, -0.05) is 55.8 Å². The van der Waals surface area contributed by atoms with Crippen molar-refractivity contribution in [2.45, 2.75) is 45.6 Å². The second kappa shape index (κ2) is 7.08. The molecule has 3 heteroatoms. The molecule has 1 N–H and O–H groups in total. The zero-order valence-corrected chi connectivity index (χ0v) is 15.2. The molecule has 24 heavy (non-hydrogen) atoms. The zero-order chi connectivity index (χ0) is 17.9. The van der Waals surface area contributed by atoms with Gasteiger partial charge in [0, 0.05) is 18.8 Å². The molecule has 2 rings (SSSR count). The van der Waals surface area contributed by atoms with E-state index in [0.29, 0.717) is 6.04 Å². The van der Waals surface area contributed by atoms with Crippen molar-refractivity contribution in [1.29, 1.82) is 0 Å². The minimum Gasteiger partial charge on any atom is -0.478 e. The van der Waals surface area contributed by atoms with E-state index in [0.717, 1.165) is 12.0 Å². The van der Waals surface area contributed by atoms with Gasteiger partial charge in [-0.2, -0.15) is 0 Å². The third-order valence-corrected chi connectivity index (χ3v) is 4.78. The molecule has 0 saturated heterocycles. The van der Waals surface area contributed by atoms with Gasteiger partial charge in [-0.3, -0.25) is 0 Å². The van der Waals surface area contributed by atoms with Crippen molar-refractivity contribution >= 4 is 11.7 Å². The highest BCUT2D eigenvalue weighted by atomic mass is 16.4. The number of carboxylic acid groups (broad SMARTS) is 1. The molecule has 1 aliphatic rings. The molecular weight excluding hydrogens is 298 g/mol. The fraction of sp³-hybridized carbons (Fsp3) is 0.381. The number of fused-ring (bicyclic) bond motifs is 1. The Balaban J connectivity index is 2.25. The molecule has 0 aliphatic carbocycles. The summed E-state index contributed by atoms with van der Waals surface area (Å²) < 4.78 is 0. The Hall–Kier alpha value is -2.29. The van der Waals surface area contributed by atoms with Crippen molar-refractivity contribution in [2.75, 3.05) is 11.9 Å². The van der Waals surface area contributed by atoms with Crippen LogP contribution in [-0.2, 0) is 10.2 Å². The lowest BCUT2D eigenvalue weighted by Crippen LogP contribution is -2.43. The Morgan fingerprint density at radius 3 is 2.62 bits per heavy atom. The van der Waals surface area contributed by atoms with Crippen LogP contribution in [0.5, 0.6) is 0 Å². The van der Waals surface area contributed by atoms with Crippen LogP contribution in [0, 0.1) is 0 Å². The number of allylic oxidation sites excluding steroid dienone is 4. The number of nitrogens with zero attached hydrogens (tertiary/aromatic N) is 1. The van der Waals surface area contributed by atoms with E-state index in [1.165, 1.54) is 22.9 Å². The Kier molecular flexibility index (Phi) is 5.33. The summed E-state index contributed by atoms with van der Waals surface area (Å²) in [6, 6.07) is 8.95. The van der Waals surface area contributed by atoms with Gasteiger partial charge in [0.25, 0.3) is 0 Å². The minimum atomic E-state index is -0.914. The molecule has 0 spiro atoms. The molecule has 0 bridgehead atoms. The van der Waals surface area contributed by atoms with Crippen LogP contribution in [0.4, 0.5) is 5.69 Å². The molecule has 0 radical (unpaired) electrons. The van der Waals surface area contributed by atoms with E-state index in [1.54, 1.807) is 6.92 Å². The molecule has 1 aromatic carbocycles. The average molecular weight is 325 g/mol. The van der Waals surface area contributed by atoms with Gasteiger partial charge in [-0.05, 0) is 42.9 Å². The van der Waals surface area contributed by atoms with Crippen LogP contribution in [0.15, 0.2) is 59.7 Å². The normalized spacial score (nSPS) is 21.0. The molecule has 0 saturated carbocycles. The first kappa shape index (κ1) is 18.1. The molecule has 0 amide bonds. The van der Waals surface area contributed by atoms with Gasteiger partial charge in [-0.25, -0.2) is 4.79 Å². The van der Waals surface area contributed by atoms with Gasteiger partial charge >= 0.3 is 5.97 Å². The van der Waals surface area contributed by atoms with Gasteiger partial charge in [-0.15, -0.1) is 0 Å². The molecule has 1 atom stereocenters. The van der Waals surface area contributed by atoms with Gasteiger partial charge in [0.05, 0.1) is 6.04 Å². The van der Waals surface area contributed by atoms with E-state index >= 15 is 0 Å². The van der Waals surface area contributed by atoms with Crippen LogP contribution >= 0.6 is 0 Å². The molecule has 1 heterocycles. The zero-order valence-electron chi connectivity index (χ0n) is 15.2. The molecule has 1 aromatic rings. The number of carbonyl (C=O) groups is 1. The number of carboxylic acids is 1. The first-order chi connectivity index (χ1) is 11.2. The standard InChI is InChI=1S/C21H27NO2/c1-15(13-20(23)24)9-8-10-16(2)19-14-21(3,4)17-11-6-7-12-18(17)22(19)5/h6-13,19H,14H2,1-5H3,(H,23,24). The van der Waals surface area contributed by atoms with Crippen LogP contribution in [0.2, 0.25) is 0 Å². The van der Waals surface area contributed by atoms with E-state index in [1.807, 2.05) is 12.2 Å². The first-order valence-electron chi connectivity index (χ1n) is 8.31. The summed E-state index contributed by atoms with van der Waals surface area (Å²) in [6.07, 6.45) is 8.13. The number of rotatable bonds is 4. The maximum atomic E-state index is 10.7. The van der Waals surface area contributed by atoms with Crippen LogP contribution in [0.25, 0.3) is 0 Å². The highest BCUT2D eigenvalue weighted by Gasteiger charge is 2.35. The number of hydrogen-bond donors (Lipinski definition) is 1. The van der Waals surface area contributed by atoms with Crippen LogP contribution in [0.1, 0.15) is 39.7 Å². The lowest BCUT2D eigenvalue weighted by atomic mass is 9.73. The predicted octanol–water partition coefficient (Wildman–Crippen LogP) is 4.71. The summed E-state index contributed by atoms with van der Waals surface area (Å²) in [5.41, 5.74) is 4.82. The largest absolute Gasteiger partial charge is 0.478 e. The number of anilines is 1. The predicted molar refractivity (Wildman–Crippen MR) is 101 cm³/mol. The van der Waals surface area contributed by atoms with Crippen molar-refractivity contribution < 1.29 is 9.90 Å². The van der Waals surface area contributed by atoms with Crippen LogP contribution < -0.4 is 4.90 Å². The van der Waals surface area contributed by atoms with E-state index in [4.69, 9.17) is 5.11 Å². The summed E-state index contributed by atoms with van der Waals surface area (Å²) in [4.78, 5) is 13.0. The Labute approximate surface area is 145 Å². The maximum absolute atomic E-state index is 10.7. The van der Waals surface area contributed by atoms with E-state index < -0.39 is 5.97 Å². The summed E-state index contributed by atoms with van der Waals surface area (Å²) in [6.45, 7) is 8.54. The minimum absolute atomic E-state index is 0.131. The van der Waals surface area contributed by atoms with Gasteiger partial charge in [0.2, 0.25) is 0 Å². The number of likely N-dealkylation sites (N-methyl/N-ethyl adjacent to an activating group) is 1. The summed E-state index contributed by atoms with van der Waals surface area (Å²) in [5, 5.41) is 8.75. The highest BCUT2D eigenvalue weighted by Crippen LogP contribution is 2.43. The highest BCUT2D eigenvalue weighted by molar-refractivity contribution is 5.81. The third kappa shape index (κ3) is 3.97. The summed E-state index contributed by atoms with van der Waals surface area (Å²) in [5.74, 6) is -0.914. The molecule has 0 aromatic heterocycles. The van der Waals surface area contributed by atoms with Gasteiger partial charge in [0.15, 0.2) is 0 Å². The number of benzene rings is 1. The molecule has 0 fully saturated rings. The van der Waals surface area contributed by atoms with Crippen LogP contribution in [0.3, 0.4) is 0 Å². The smallest absolute Gasteiger partial charge is 0.328 e. The van der Waals surface area contributed by atoms with Crippen molar-refractivity contribution in [3.05, 3.63) is 65.3 Å². The van der Waals surface area contributed by atoms with E-state index in [2.05, 4.69) is 63.1 Å². The lowest BCUT2D eigenvalue weighted by Gasteiger charge is -2.44. The summed E-state index contributed by atoms with van der Waals surface area (Å²) >= 11 is 0. The molecule has 128 valence electrons. The average Bonchev–Trinajstić information content (AvgIpc) is 2.50. The topological polar surface area (TPSA) is 40.5 Å². The molecule has 3 nitrogen and oxygen atoms in total. The maximum Gasteiger partial charge on any atom is 0.328 e. The quantitative estimate of drug-likeness (QED) is 0.644. The van der Waals surface area contributed by atoms with Crippen molar-refractivity contribution in [2.24, 2.45) is 0 Å². The van der Waals surface area contributed by atoms with Crippen molar-refractivity contribution in [3.8, 4) is 0 Å². The Bertz CT molecular complexity index is 710. The fourth-order valence-electron chi connectivity index (χ4n) is 3.42. The van der Waals surface area contributed by atoms with Crippen molar-refractivity contribution in [3.63, 3.8) is 0 Å². The van der Waals surface area contributed by atoms with E-state index in [-0.39, 0.29) is 5.41 Å². The molecule has 1 aliphatic heterocycles. The first-order valence-corrected chi connectivity index (χ1v) is 8.31. The number of para-hydroxylation sites is 1. The van der Waals surface area contributed by atoms with Crippen molar-refractivity contribution in [1.82, 2.24) is 0 Å². The fourth-order valence-corrected chi connectivity index (χ4v) is 3.42. The summed E-state index contributed by atoms with van der Waals surface area (Å²) in [7, 11) is 2.15. The van der Waals surface area contributed by atoms with Gasteiger partial charge < -0.3 is 10.0 Å². The third-order valence-electron chi connectivity index (χ3n) is 4.78.